The number of nitrogens with zero attached hydrogens (tertiary/aromatic N) is 2. The van der Waals surface area contributed by atoms with Gasteiger partial charge in [-0.15, -0.1) is 0 Å². The van der Waals surface area contributed by atoms with Crippen molar-refractivity contribution in [2.24, 2.45) is 0 Å². The molecule has 44 heavy (non-hydrogen) atoms. The van der Waals surface area contributed by atoms with Gasteiger partial charge in [-0.2, -0.15) is 5.10 Å². The highest BCUT2D eigenvalue weighted by Crippen LogP contribution is 2.40. The number of carbonyl (C=O) groups excluding carboxylic acids is 2. The minimum absolute atomic E-state index is 0.0174. The third kappa shape index (κ3) is 7.43. The molecule has 3 aromatic carbocycles. The van der Waals surface area contributed by atoms with Crippen molar-refractivity contribution in [3.05, 3.63) is 89.4 Å². The van der Waals surface area contributed by atoms with Gasteiger partial charge in [-0.3, -0.25) is 5.32 Å². The van der Waals surface area contributed by atoms with Crippen molar-refractivity contribution in [3.63, 3.8) is 0 Å². The standard InChI is InChI=1S/C32H36FN7O3S/c1-6-34-29(41)38-31-36-24-13-12-23(16-26(24)44-31)43-25-14-9-21(33)15-20(25)18-35-30(42)37-28-17-27(32(3,4)5)39-40(28)22-10-7-19(2)8-11-22/h7-17,31,36H,6,18H2,1-5H3,(H2,34,38,41)(H2,35,37,42). The van der Waals surface area contributed by atoms with Gasteiger partial charge >= 0.3 is 12.1 Å². The van der Waals surface area contributed by atoms with Crippen LogP contribution >= 0.6 is 11.8 Å². The van der Waals surface area contributed by atoms with Crippen molar-refractivity contribution in [2.45, 2.75) is 57.0 Å². The lowest BCUT2D eigenvalue weighted by atomic mass is 9.92. The summed E-state index contributed by atoms with van der Waals surface area (Å²) in [6.45, 7) is 10.6. The van der Waals surface area contributed by atoms with Crippen LogP contribution in [0.3, 0.4) is 0 Å². The fraction of sp³-hybridized carbons (Fsp3) is 0.281. The predicted octanol–water partition coefficient (Wildman–Crippen LogP) is 6.85. The van der Waals surface area contributed by atoms with E-state index in [1.165, 1.54) is 30.0 Å². The lowest BCUT2D eigenvalue weighted by Crippen LogP contribution is -2.42. The number of aryl methyl sites for hydroxylation is 1. The second-order valence-corrected chi connectivity index (χ2v) is 12.5. The topological polar surface area (TPSA) is 121 Å². The van der Waals surface area contributed by atoms with Crippen molar-refractivity contribution < 1.29 is 18.7 Å². The predicted molar refractivity (Wildman–Crippen MR) is 171 cm³/mol. The highest BCUT2D eigenvalue weighted by atomic mass is 32.2. The Bertz CT molecular complexity index is 1670. The third-order valence-electron chi connectivity index (χ3n) is 6.77. The van der Waals surface area contributed by atoms with Crippen molar-refractivity contribution in [1.82, 2.24) is 25.7 Å². The summed E-state index contributed by atoms with van der Waals surface area (Å²) >= 11 is 1.44. The van der Waals surface area contributed by atoms with Crippen molar-refractivity contribution in [3.8, 4) is 17.2 Å². The smallest absolute Gasteiger partial charge is 0.320 e. The van der Waals surface area contributed by atoms with Gasteiger partial charge in [-0.05, 0) is 62.4 Å². The number of anilines is 2. The molecular formula is C32H36FN7O3S. The summed E-state index contributed by atoms with van der Waals surface area (Å²) in [4.78, 5) is 25.9. The van der Waals surface area contributed by atoms with Crippen LogP contribution in [0.15, 0.2) is 71.6 Å². The Morgan fingerprint density at radius 1 is 1.02 bits per heavy atom. The molecule has 10 nitrogen and oxygen atoms in total. The van der Waals surface area contributed by atoms with Crippen LogP contribution in [-0.2, 0) is 12.0 Å². The van der Waals surface area contributed by atoms with Gasteiger partial charge in [0.25, 0.3) is 0 Å². The van der Waals surface area contributed by atoms with Crippen LogP contribution in [0.1, 0.15) is 44.5 Å². The molecule has 12 heteroatoms. The molecule has 1 unspecified atom stereocenters. The van der Waals surface area contributed by atoms with Crippen molar-refractivity contribution in [1.29, 1.82) is 0 Å². The largest absolute Gasteiger partial charge is 0.457 e. The molecule has 4 amide bonds. The number of rotatable bonds is 8. The zero-order valence-corrected chi connectivity index (χ0v) is 26.1. The first kappa shape index (κ1) is 30.7. The van der Waals surface area contributed by atoms with Crippen LogP contribution in [0, 0.1) is 12.7 Å². The number of nitrogens with one attached hydrogen (secondary N) is 5. The number of urea groups is 2. The molecule has 0 aliphatic carbocycles. The first-order chi connectivity index (χ1) is 21.0. The summed E-state index contributed by atoms with van der Waals surface area (Å²) in [5.74, 6) is 0.996. The lowest BCUT2D eigenvalue weighted by molar-refractivity contribution is 0.241. The van der Waals surface area contributed by atoms with E-state index in [4.69, 9.17) is 9.84 Å². The lowest BCUT2D eigenvalue weighted by Gasteiger charge is -2.14. The number of halogens is 1. The summed E-state index contributed by atoms with van der Waals surface area (Å²) in [6, 6.07) is 18.6. The fourth-order valence-corrected chi connectivity index (χ4v) is 5.49. The van der Waals surface area contributed by atoms with Crippen LogP contribution in [0.5, 0.6) is 11.5 Å². The molecule has 1 aliphatic heterocycles. The maximum absolute atomic E-state index is 14.3. The van der Waals surface area contributed by atoms with Gasteiger partial charge in [0.05, 0.1) is 17.1 Å². The van der Waals surface area contributed by atoms with Gasteiger partial charge in [0.1, 0.15) is 23.1 Å². The number of aromatic nitrogens is 2. The monoisotopic (exact) mass is 617 g/mol. The summed E-state index contributed by atoms with van der Waals surface area (Å²) in [5, 5.41) is 19.3. The molecule has 5 rings (SSSR count). The average Bonchev–Trinajstić information content (AvgIpc) is 3.57. The van der Waals surface area contributed by atoms with E-state index >= 15 is 0 Å². The highest BCUT2D eigenvalue weighted by molar-refractivity contribution is 8.00. The van der Waals surface area contributed by atoms with Crippen molar-refractivity contribution >= 4 is 35.3 Å². The Labute approximate surface area is 260 Å². The van der Waals surface area contributed by atoms with Gasteiger partial charge in [0.2, 0.25) is 0 Å². The van der Waals surface area contributed by atoms with Crippen LogP contribution < -0.4 is 31.3 Å². The van der Waals surface area contributed by atoms with Gasteiger partial charge in [-0.25, -0.2) is 18.7 Å². The van der Waals surface area contributed by atoms with E-state index in [9.17, 15) is 14.0 Å². The summed E-state index contributed by atoms with van der Waals surface area (Å²) < 4.78 is 22.1. The van der Waals surface area contributed by atoms with Crippen LogP contribution in [0.25, 0.3) is 5.69 Å². The molecule has 0 radical (unpaired) electrons. The molecule has 0 saturated heterocycles. The van der Waals surface area contributed by atoms with Gasteiger partial charge in [0, 0.05) is 35.0 Å². The molecule has 0 bridgehead atoms. The Hall–Kier alpha value is -4.71. The fourth-order valence-electron chi connectivity index (χ4n) is 4.44. The number of benzene rings is 3. The van der Waals surface area contributed by atoms with Gasteiger partial charge in [0.15, 0.2) is 5.50 Å². The summed E-state index contributed by atoms with van der Waals surface area (Å²) in [7, 11) is 0. The summed E-state index contributed by atoms with van der Waals surface area (Å²) in [6.07, 6.45) is 0. The number of hydrogen-bond acceptors (Lipinski definition) is 6. The van der Waals surface area contributed by atoms with E-state index in [0.29, 0.717) is 29.4 Å². The number of ether oxygens (including phenoxy) is 1. The molecule has 1 aliphatic rings. The van der Waals surface area contributed by atoms with E-state index in [2.05, 4.69) is 47.4 Å². The SMILES string of the molecule is CCNC(=O)NC1Nc2ccc(Oc3ccc(F)cc3CNC(=O)Nc3cc(C(C)(C)C)nn3-c3ccc(C)cc3)cc2S1. The first-order valence-electron chi connectivity index (χ1n) is 14.3. The minimum Gasteiger partial charge on any atom is -0.457 e. The molecular weight excluding hydrogens is 581 g/mol. The average molecular weight is 618 g/mol. The number of thioether (sulfide) groups is 1. The number of fused-ring (bicyclic) bond motifs is 1. The number of hydrogen-bond donors (Lipinski definition) is 5. The highest BCUT2D eigenvalue weighted by Gasteiger charge is 2.24. The molecule has 0 saturated carbocycles. The molecule has 1 aromatic heterocycles. The quantitative estimate of drug-likeness (QED) is 0.147. The Kier molecular flexibility index (Phi) is 9.00. The van der Waals surface area contributed by atoms with E-state index < -0.39 is 11.8 Å². The Morgan fingerprint density at radius 2 is 1.80 bits per heavy atom. The van der Waals surface area contributed by atoms with E-state index in [1.807, 2.05) is 56.3 Å². The minimum atomic E-state index is -0.473. The van der Waals surface area contributed by atoms with Crippen LogP contribution in [0.4, 0.5) is 25.5 Å². The van der Waals surface area contributed by atoms with E-state index in [1.54, 1.807) is 10.7 Å². The zero-order valence-electron chi connectivity index (χ0n) is 25.2. The van der Waals surface area contributed by atoms with Gasteiger partial charge < -0.3 is 26.0 Å². The molecule has 1 atom stereocenters. The van der Waals surface area contributed by atoms with Crippen LogP contribution in [0.2, 0.25) is 0 Å². The van der Waals surface area contributed by atoms with Gasteiger partial charge in [-0.1, -0.05) is 50.2 Å². The van der Waals surface area contributed by atoms with E-state index in [0.717, 1.165) is 27.5 Å². The molecule has 0 fully saturated rings. The Morgan fingerprint density at radius 3 is 2.52 bits per heavy atom. The maximum atomic E-state index is 14.3. The maximum Gasteiger partial charge on any atom is 0.320 e. The number of carbonyl (C=O) groups is 2. The third-order valence-corrected chi connectivity index (χ3v) is 7.83. The Balaban J connectivity index is 1.27. The molecule has 2 heterocycles. The van der Waals surface area contributed by atoms with E-state index in [-0.39, 0.29) is 23.5 Å². The molecule has 0 spiro atoms. The zero-order chi connectivity index (χ0) is 31.4. The number of amides is 4. The normalized spacial score (nSPS) is 13.9. The van der Waals surface area contributed by atoms with Crippen molar-refractivity contribution in [2.75, 3.05) is 17.2 Å². The first-order valence-corrected chi connectivity index (χ1v) is 15.2. The molecule has 230 valence electrons. The second kappa shape index (κ2) is 12.9. The molecule has 4 aromatic rings. The second-order valence-electron chi connectivity index (χ2n) is 11.4. The molecule has 5 N–H and O–H groups in total. The summed E-state index contributed by atoms with van der Waals surface area (Å²) in [5.41, 5.74) is 3.53. The van der Waals surface area contributed by atoms with Crippen LogP contribution in [-0.4, -0.2) is 33.9 Å².